The number of esters is 1. The summed E-state index contributed by atoms with van der Waals surface area (Å²) in [6, 6.07) is 8.59. The minimum atomic E-state index is -0.0951. The second-order valence-corrected chi connectivity index (χ2v) is 8.67. The highest BCUT2D eigenvalue weighted by Crippen LogP contribution is 2.20. The number of ether oxygens (including phenoxy) is 2. The lowest BCUT2D eigenvalue weighted by atomic mass is 9.97. The molecule has 1 aromatic carbocycles. The standard InChI is InChI=1S/C24H38N4O3/c1-5-25-24(28-12-10-20(11-13-28)23(29)30-4)26-14-21-8-6-7-9-22(21)17-27-15-18(2)31-19(3)16-27/h6-9,18-20H,5,10-17H2,1-4H3,(H,25,26). The Hall–Kier alpha value is -2.12. The fourth-order valence-corrected chi connectivity index (χ4v) is 4.60. The molecule has 2 unspecified atom stereocenters. The molecule has 172 valence electrons. The Balaban J connectivity index is 1.65. The SMILES string of the molecule is CCNC(=NCc1ccccc1CN1CC(C)OC(C)C1)N1CCC(C(=O)OC)CC1. The predicted molar refractivity (Wildman–Crippen MR) is 123 cm³/mol. The van der Waals surface area contributed by atoms with Crippen molar-refractivity contribution in [2.24, 2.45) is 10.9 Å². The summed E-state index contributed by atoms with van der Waals surface area (Å²) in [7, 11) is 1.47. The van der Waals surface area contributed by atoms with Gasteiger partial charge in [-0.2, -0.15) is 0 Å². The number of nitrogens with one attached hydrogen (secondary N) is 1. The van der Waals surface area contributed by atoms with Gasteiger partial charge in [0.15, 0.2) is 5.96 Å². The second kappa shape index (κ2) is 11.5. The highest BCUT2D eigenvalue weighted by atomic mass is 16.5. The van der Waals surface area contributed by atoms with Crippen LogP contribution in [-0.4, -0.2) is 73.8 Å². The van der Waals surface area contributed by atoms with Crippen LogP contribution in [0, 0.1) is 5.92 Å². The fourth-order valence-electron chi connectivity index (χ4n) is 4.60. The van der Waals surface area contributed by atoms with E-state index < -0.39 is 0 Å². The Labute approximate surface area is 186 Å². The number of benzene rings is 1. The molecule has 31 heavy (non-hydrogen) atoms. The van der Waals surface area contributed by atoms with Crippen LogP contribution in [-0.2, 0) is 27.4 Å². The van der Waals surface area contributed by atoms with E-state index in [0.29, 0.717) is 6.54 Å². The first-order valence-electron chi connectivity index (χ1n) is 11.6. The maximum Gasteiger partial charge on any atom is 0.308 e. The summed E-state index contributed by atoms with van der Waals surface area (Å²) in [6.45, 7) is 12.3. The molecule has 1 aromatic rings. The highest BCUT2D eigenvalue weighted by molar-refractivity contribution is 5.80. The van der Waals surface area contributed by atoms with Crippen LogP contribution in [0.1, 0.15) is 44.7 Å². The lowest BCUT2D eigenvalue weighted by Gasteiger charge is -2.35. The van der Waals surface area contributed by atoms with Crippen LogP contribution >= 0.6 is 0 Å². The zero-order valence-corrected chi connectivity index (χ0v) is 19.5. The van der Waals surface area contributed by atoms with Crippen LogP contribution in [0.4, 0.5) is 0 Å². The minimum absolute atomic E-state index is 0.00292. The van der Waals surface area contributed by atoms with Crippen molar-refractivity contribution in [3.8, 4) is 0 Å². The van der Waals surface area contributed by atoms with E-state index in [-0.39, 0.29) is 24.1 Å². The number of likely N-dealkylation sites (tertiary alicyclic amines) is 1. The molecule has 3 rings (SSSR count). The fraction of sp³-hybridized carbons (Fsp3) is 0.667. The highest BCUT2D eigenvalue weighted by Gasteiger charge is 2.27. The van der Waals surface area contributed by atoms with E-state index >= 15 is 0 Å². The van der Waals surface area contributed by atoms with Crippen molar-refractivity contribution < 1.29 is 14.3 Å². The first-order chi connectivity index (χ1) is 15.0. The Bertz CT molecular complexity index is 736. The number of carbonyl (C=O) groups is 1. The average Bonchev–Trinajstić information content (AvgIpc) is 2.76. The van der Waals surface area contributed by atoms with Gasteiger partial charge < -0.3 is 19.7 Å². The summed E-state index contributed by atoms with van der Waals surface area (Å²) in [5, 5.41) is 3.43. The lowest BCUT2D eigenvalue weighted by Crippen LogP contribution is -2.46. The minimum Gasteiger partial charge on any atom is -0.469 e. The first-order valence-corrected chi connectivity index (χ1v) is 11.6. The van der Waals surface area contributed by atoms with E-state index in [1.807, 2.05) is 0 Å². The molecule has 2 saturated heterocycles. The molecule has 2 heterocycles. The van der Waals surface area contributed by atoms with Gasteiger partial charge in [0.25, 0.3) is 0 Å². The first kappa shape index (κ1) is 23.5. The molecule has 2 fully saturated rings. The number of morpholine rings is 1. The Morgan fingerprint density at radius 3 is 2.42 bits per heavy atom. The van der Waals surface area contributed by atoms with Crippen LogP contribution in [0.3, 0.4) is 0 Å². The molecule has 0 amide bonds. The summed E-state index contributed by atoms with van der Waals surface area (Å²) in [5.41, 5.74) is 2.59. The van der Waals surface area contributed by atoms with Crippen LogP contribution in [0.5, 0.6) is 0 Å². The van der Waals surface area contributed by atoms with Crippen molar-refractivity contribution in [2.45, 2.75) is 58.9 Å². The molecule has 2 aliphatic heterocycles. The summed E-state index contributed by atoms with van der Waals surface area (Å²) in [4.78, 5) is 21.5. The molecule has 0 aromatic heterocycles. The van der Waals surface area contributed by atoms with Crippen molar-refractivity contribution in [1.82, 2.24) is 15.1 Å². The van der Waals surface area contributed by atoms with Crippen molar-refractivity contribution in [3.05, 3.63) is 35.4 Å². The third-order valence-corrected chi connectivity index (χ3v) is 6.07. The van der Waals surface area contributed by atoms with Gasteiger partial charge in [-0.05, 0) is 44.7 Å². The quantitative estimate of drug-likeness (QED) is 0.425. The van der Waals surface area contributed by atoms with Crippen molar-refractivity contribution >= 4 is 11.9 Å². The molecule has 2 atom stereocenters. The summed E-state index contributed by atoms with van der Waals surface area (Å²) in [5.74, 6) is 0.833. The number of piperidine rings is 1. The van der Waals surface area contributed by atoms with Crippen LogP contribution in [0.15, 0.2) is 29.3 Å². The van der Waals surface area contributed by atoms with Crippen LogP contribution < -0.4 is 5.32 Å². The zero-order chi connectivity index (χ0) is 22.2. The van der Waals surface area contributed by atoms with E-state index in [0.717, 1.165) is 58.1 Å². The van der Waals surface area contributed by atoms with E-state index in [2.05, 4.69) is 60.2 Å². The summed E-state index contributed by atoms with van der Waals surface area (Å²) < 4.78 is 10.8. The van der Waals surface area contributed by atoms with Gasteiger partial charge in [-0.15, -0.1) is 0 Å². The topological polar surface area (TPSA) is 66.4 Å². The van der Waals surface area contributed by atoms with Gasteiger partial charge in [0.1, 0.15) is 0 Å². The van der Waals surface area contributed by atoms with Gasteiger partial charge in [-0.25, -0.2) is 4.99 Å². The van der Waals surface area contributed by atoms with Gasteiger partial charge in [-0.1, -0.05) is 24.3 Å². The number of hydrogen-bond donors (Lipinski definition) is 1. The molecule has 1 N–H and O–H groups in total. The van der Waals surface area contributed by atoms with E-state index in [1.54, 1.807) is 0 Å². The van der Waals surface area contributed by atoms with Crippen molar-refractivity contribution in [3.63, 3.8) is 0 Å². The summed E-state index contributed by atoms with van der Waals surface area (Å²) in [6.07, 6.45) is 2.15. The van der Waals surface area contributed by atoms with E-state index in [4.69, 9.17) is 14.5 Å². The molecule has 7 heteroatoms. The molecular formula is C24H38N4O3. The monoisotopic (exact) mass is 430 g/mol. The molecule has 0 radical (unpaired) electrons. The third-order valence-electron chi connectivity index (χ3n) is 6.07. The number of methoxy groups -OCH3 is 1. The summed E-state index contributed by atoms with van der Waals surface area (Å²) >= 11 is 0. The average molecular weight is 431 g/mol. The number of nitrogens with zero attached hydrogens (tertiary/aromatic N) is 3. The Morgan fingerprint density at radius 2 is 1.81 bits per heavy atom. The molecule has 0 saturated carbocycles. The smallest absolute Gasteiger partial charge is 0.308 e. The number of carbonyl (C=O) groups excluding carboxylic acids is 1. The normalized spacial score (nSPS) is 23.6. The maximum atomic E-state index is 11.8. The molecule has 0 aliphatic carbocycles. The van der Waals surface area contributed by atoms with E-state index in [1.165, 1.54) is 18.2 Å². The molecule has 2 aliphatic rings. The Morgan fingerprint density at radius 1 is 1.16 bits per heavy atom. The largest absolute Gasteiger partial charge is 0.469 e. The number of rotatable bonds is 6. The van der Waals surface area contributed by atoms with E-state index in [9.17, 15) is 4.79 Å². The molecule has 7 nitrogen and oxygen atoms in total. The Kier molecular flexibility index (Phi) is 8.72. The predicted octanol–water partition coefficient (Wildman–Crippen LogP) is 2.65. The lowest BCUT2D eigenvalue weighted by molar-refractivity contribution is -0.146. The molecule has 0 spiro atoms. The van der Waals surface area contributed by atoms with Crippen LogP contribution in [0.25, 0.3) is 0 Å². The number of guanidine groups is 1. The van der Waals surface area contributed by atoms with Gasteiger partial charge in [0.05, 0.1) is 31.8 Å². The third kappa shape index (κ3) is 6.68. The maximum absolute atomic E-state index is 11.8. The number of hydrogen-bond acceptors (Lipinski definition) is 5. The zero-order valence-electron chi connectivity index (χ0n) is 19.5. The van der Waals surface area contributed by atoms with Crippen LogP contribution in [0.2, 0.25) is 0 Å². The van der Waals surface area contributed by atoms with Gasteiger partial charge in [-0.3, -0.25) is 9.69 Å². The molecule has 0 bridgehead atoms. The number of aliphatic imine (C=N–C) groups is 1. The molecular weight excluding hydrogens is 392 g/mol. The van der Waals surface area contributed by atoms with Gasteiger partial charge >= 0.3 is 5.97 Å². The van der Waals surface area contributed by atoms with Crippen molar-refractivity contribution in [2.75, 3.05) is 39.8 Å². The second-order valence-electron chi connectivity index (χ2n) is 8.67. The van der Waals surface area contributed by atoms with Crippen molar-refractivity contribution in [1.29, 1.82) is 0 Å². The van der Waals surface area contributed by atoms with Gasteiger partial charge in [0.2, 0.25) is 0 Å². The van der Waals surface area contributed by atoms with Gasteiger partial charge in [0, 0.05) is 39.3 Å².